The molecule has 0 fully saturated rings. The normalized spacial score (nSPS) is 11.4. The van der Waals surface area contributed by atoms with Crippen LogP contribution < -0.4 is 4.74 Å². The van der Waals surface area contributed by atoms with Crippen molar-refractivity contribution < 1.29 is 4.74 Å². The van der Waals surface area contributed by atoms with Gasteiger partial charge < -0.3 is 4.74 Å². The van der Waals surface area contributed by atoms with Gasteiger partial charge >= 0.3 is 0 Å². The smallest absolute Gasteiger partial charge is 0.131 e. The molecule has 2 rings (SSSR count). The van der Waals surface area contributed by atoms with E-state index in [9.17, 15) is 0 Å². The molecule has 106 valence electrons. The fraction of sp³-hybridized carbons (Fsp3) is 0.294. The average molecular weight is 354 g/mol. The van der Waals surface area contributed by atoms with Crippen molar-refractivity contribution >= 4 is 27.5 Å². The number of hydrogen-bond acceptors (Lipinski definition) is 1. The zero-order chi connectivity index (χ0) is 14.8. The number of alkyl halides is 1. The summed E-state index contributed by atoms with van der Waals surface area (Å²) in [5.74, 6) is 2.05. The van der Waals surface area contributed by atoms with Crippen molar-refractivity contribution in [1.29, 1.82) is 0 Å². The van der Waals surface area contributed by atoms with Crippen LogP contribution in [0.4, 0.5) is 0 Å². The lowest BCUT2D eigenvalue weighted by molar-refractivity contribution is 0.477. The Morgan fingerprint density at radius 2 is 1.70 bits per heavy atom. The van der Waals surface area contributed by atoms with E-state index in [1.165, 1.54) is 5.56 Å². The van der Waals surface area contributed by atoms with Gasteiger partial charge in [0.2, 0.25) is 0 Å². The molecule has 0 aliphatic carbocycles. The van der Waals surface area contributed by atoms with Gasteiger partial charge in [-0.2, -0.15) is 0 Å². The summed E-state index contributed by atoms with van der Waals surface area (Å²) in [7, 11) is 0. The van der Waals surface area contributed by atoms with E-state index in [4.69, 9.17) is 16.3 Å². The van der Waals surface area contributed by atoms with Gasteiger partial charge in [-0.05, 0) is 41.3 Å². The van der Waals surface area contributed by atoms with Crippen molar-refractivity contribution in [3.05, 3.63) is 58.1 Å². The lowest BCUT2D eigenvalue weighted by Gasteiger charge is -2.19. The molecule has 0 N–H and O–H groups in total. The monoisotopic (exact) mass is 352 g/mol. The van der Waals surface area contributed by atoms with Crippen LogP contribution in [0.3, 0.4) is 0 Å². The molecule has 0 radical (unpaired) electrons. The van der Waals surface area contributed by atoms with E-state index in [0.29, 0.717) is 5.88 Å². The number of rotatable bonds is 3. The van der Waals surface area contributed by atoms with Crippen LogP contribution in [0.1, 0.15) is 31.9 Å². The molecule has 2 aromatic rings. The molecule has 0 heterocycles. The lowest BCUT2D eigenvalue weighted by Crippen LogP contribution is -2.10. The minimum atomic E-state index is 0.150. The summed E-state index contributed by atoms with van der Waals surface area (Å²) in [6.45, 7) is 6.59. The second-order valence-electron chi connectivity index (χ2n) is 5.76. The van der Waals surface area contributed by atoms with Gasteiger partial charge in [0.15, 0.2) is 0 Å². The molecule has 0 aliphatic rings. The summed E-state index contributed by atoms with van der Waals surface area (Å²) in [5, 5.41) is 0. The van der Waals surface area contributed by atoms with Crippen LogP contribution in [0.15, 0.2) is 46.9 Å². The van der Waals surface area contributed by atoms with Gasteiger partial charge in [-0.25, -0.2) is 0 Å². The number of halogens is 2. The highest BCUT2D eigenvalue weighted by molar-refractivity contribution is 9.10. The van der Waals surface area contributed by atoms with E-state index in [1.54, 1.807) is 0 Å². The molecule has 2 aromatic carbocycles. The Kier molecular flexibility index (Phi) is 4.77. The topological polar surface area (TPSA) is 9.23 Å². The Hall–Kier alpha value is -0.990. The highest BCUT2D eigenvalue weighted by atomic mass is 79.9. The van der Waals surface area contributed by atoms with E-state index in [-0.39, 0.29) is 5.41 Å². The van der Waals surface area contributed by atoms with E-state index in [2.05, 4.69) is 48.8 Å². The van der Waals surface area contributed by atoms with E-state index in [0.717, 1.165) is 21.5 Å². The van der Waals surface area contributed by atoms with E-state index >= 15 is 0 Å². The molecule has 0 bridgehead atoms. The molecule has 0 amide bonds. The van der Waals surface area contributed by atoms with Crippen LogP contribution in [0, 0.1) is 0 Å². The molecule has 3 heteroatoms. The van der Waals surface area contributed by atoms with Crippen LogP contribution in [-0.4, -0.2) is 0 Å². The summed E-state index contributed by atoms with van der Waals surface area (Å²) in [6, 6.07) is 14.1. The number of benzene rings is 2. The zero-order valence-electron chi connectivity index (χ0n) is 11.9. The highest BCUT2D eigenvalue weighted by Crippen LogP contribution is 2.30. The number of hydrogen-bond donors (Lipinski definition) is 0. The molecule has 0 aromatic heterocycles. The maximum atomic E-state index is 5.95. The summed E-state index contributed by atoms with van der Waals surface area (Å²) < 4.78 is 6.92. The minimum Gasteiger partial charge on any atom is -0.457 e. The van der Waals surface area contributed by atoms with Crippen molar-refractivity contribution in [2.75, 3.05) is 0 Å². The van der Waals surface area contributed by atoms with Crippen LogP contribution >= 0.6 is 27.5 Å². The van der Waals surface area contributed by atoms with E-state index in [1.807, 2.05) is 30.3 Å². The standard InChI is InChI=1S/C17H18BrClO/c1-17(2,3)13-4-7-15(8-5-13)20-16-9-6-14(18)10-12(16)11-19/h4-10H,11H2,1-3H3. The first-order chi connectivity index (χ1) is 9.40. The minimum absolute atomic E-state index is 0.150. The van der Waals surface area contributed by atoms with Crippen LogP contribution in [0.2, 0.25) is 0 Å². The van der Waals surface area contributed by atoms with Crippen molar-refractivity contribution in [3.8, 4) is 11.5 Å². The molecular weight excluding hydrogens is 336 g/mol. The Morgan fingerprint density at radius 1 is 1.05 bits per heavy atom. The van der Waals surface area contributed by atoms with Gasteiger partial charge in [0.25, 0.3) is 0 Å². The first kappa shape index (κ1) is 15.4. The molecule has 0 atom stereocenters. The van der Waals surface area contributed by atoms with Crippen LogP contribution in [-0.2, 0) is 11.3 Å². The van der Waals surface area contributed by atoms with Crippen LogP contribution in [0.25, 0.3) is 0 Å². The first-order valence-corrected chi connectivity index (χ1v) is 7.85. The third-order valence-corrected chi connectivity index (χ3v) is 3.90. The predicted octanol–water partition coefficient (Wildman–Crippen LogP) is 6.28. The third-order valence-electron chi connectivity index (χ3n) is 3.11. The van der Waals surface area contributed by atoms with E-state index < -0.39 is 0 Å². The maximum Gasteiger partial charge on any atom is 0.131 e. The van der Waals surface area contributed by atoms with Crippen molar-refractivity contribution in [2.24, 2.45) is 0 Å². The molecule has 1 nitrogen and oxygen atoms in total. The molecule has 0 spiro atoms. The second kappa shape index (κ2) is 6.19. The van der Waals surface area contributed by atoms with Crippen molar-refractivity contribution in [2.45, 2.75) is 32.1 Å². The van der Waals surface area contributed by atoms with Crippen molar-refractivity contribution in [1.82, 2.24) is 0 Å². The first-order valence-electron chi connectivity index (χ1n) is 6.53. The summed E-state index contributed by atoms with van der Waals surface area (Å²) >= 11 is 9.39. The molecule has 0 unspecified atom stereocenters. The molecule has 0 aliphatic heterocycles. The summed E-state index contributed by atoms with van der Waals surface area (Å²) in [5.41, 5.74) is 2.41. The fourth-order valence-corrected chi connectivity index (χ4v) is 2.52. The quantitative estimate of drug-likeness (QED) is 0.590. The van der Waals surface area contributed by atoms with Gasteiger partial charge in [-0.1, -0.05) is 48.8 Å². The molecular formula is C17H18BrClO. The van der Waals surface area contributed by atoms with Gasteiger partial charge in [0.05, 0.1) is 5.88 Å². The zero-order valence-corrected chi connectivity index (χ0v) is 14.3. The van der Waals surface area contributed by atoms with Gasteiger partial charge in [0, 0.05) is 10.0 Å². The third kappa shape index (κ3) is 3.77. The predicted molar refractivity (Wildman–Crippen MR) is 88.9 cm³/mol. The largest absolute Gasteiger partial charge is 0.457 e. The van der Waals surface area contributed by atoms with Gasteiger partial charge in [0.1, 0.15) is 11.5 Å². The Bertz CT molecular complexity index is 585. The fourth-order valence-electron chi connectivity index (χ4n) is 1.90. The Labute approximate surface area is 134 Å². The Morgan fingerprint density at radius 3 is 2.25 bits per heavy atom. The Balaban J connectivity index is 2.22. The average Bonchev–Trinajstić information content (AvgIpc) is 2.40. The second-order valence-corrected chi connectivity index (χ2v) is 6.95. The maximum absolute atomic E-state index is 5.95. The SMILES string of the molecule is CC(C)(C)c1ccc(Oc2ccc(Br)cc2CCl)cc1. The highest BCUT2D eigenvalue weighted by Gasteiger charge is 2.13. The molecule has 0 saturated carbocycles. The van der Waals surface area contributed by atoms with Gasteiger partial charge in [-0.3, -0.25) is 0 Å². The van der Waals surface area contributed by atoms with Crippen LogP contribution in [0.5, 0.6) is 11.5 Å². The summed E-state index contributed by atoms with van der Waals surface area (Å²) in [4.78, 5) is 0. The molecule has 20 heavy (non-hydrogen) atoms. The molecule has 0 saturated heterocycles. The van der Waals surface area contributed by atoms with Gasteiger partial charge in [-0.15, -0.1) is 11.6 Å². The van der Waals surface area contributed by atoms with Crippen molar-refractivity contribution in [3.63, 3.8) is 0 Å². The summed E-state index contributed by atoms with van der Waals surface area (Å²) in [6.07, 6.45) is 0. The lowest BCUT2D eigenvalue weighted by atomic mass is 9.87. The number of ether oxygens (including phenoxy) is 1.